The van der Waals surface area contributed by atoms with Gasteiger partial charge in [0.2, 0.25) is 0 Å². The first kappa shape index (κ1) is 12.9. The average Bonchev–Trinajstić information content (AvgIpc) is 2.93. The van der Waals surface area contributed by atoms with Crippen LogP contribution in [0.1, 0.15) is 36.1 Å². The summed E-state index contributed by atoms with van der Waals surface area (Å²) < 4.78 is 12.3. The van der Waals surface area contributed by atoms with Crippen molar-refractivity contribution in [3.05, 3.63) is 11.5 Å². The first-order valence-electron chi connectivity index (χ1n) is 6.24. The number of anilines is 1. The van der Waals surface area contributed by atoms with E-state index in [-0.39, 0.29) is 11.8 Å². The number of carbonyl (C=O) groups is 1. The number of hydrogen-bond acceptors (Lipinski definition) is 5. The zero-order chi connectivity index (χ0) is 13.1. The summed E-state index contributed by atoms with van der Waals surface area (Å²) in [7, 11) is 0. The molecule has 6 nitrogen and oxygen atoms in total. The topological polar surface area (TPSA) is 79.4 Å². The van der Waals surface area contributed by atoms with Crippen molar-refractivity contribution in [1.82, 2.24) is 9.55 Å². The summed E-state index contributed by atoms with van der Waals surface area (Å²) in [4.78, 5) is 15.8. The molecule has 1 aliphatic heterocycles. The van der Waals surface area contributed by atoms with Crippen LogP contribution in [0, 0.1) is 6.92 Å². The van der Waals surface area contributed by atoms with Gasteiger partial charge in [-0.15, -0.1) is 0 Å². The molecule has 1 fully saturated rings. The summed E-state index contributed by atoms with van der Waals surface area (Å²) in [6.45, 7) is 5.33. The fourth-order valence-corrected chi connectivity index (χ4v) is 2.15. The minimum atomic E-state index is -0.468. The van der Waals surface area contributed by atoms with Gasteiger partial charge in [0.1, 0.15) is 11.6 Å². The van der Waals surface area contributed by atoms with Gasteiger partial charge in [-0.3, -0.25) is 0 Å². The molecule has 6 heteroatoms. The lowest BCUT2D eigenvalue weighted by molar-refractivity contribution is 0.0521. The predicted molar refractivity (Wildman–Crippen MR) is 66.3 cm³/mol. The second kappa shape index (κ2) is 5.39. The molecule has 0 spiro atoms. The van der Waals surface area contributed by atoms with Gasteiger partial charge in [-0.25, -0.2) is 9.78 Å². The molecule has 0 aliphatic carbocycles. The van der Waals surface area contributed by atoms with E-state index in [1.54, 1.807) is 6.92 Å². The number of nitrogens with two attached hydrogens (primary N) is 1. The molecule has 1 atom stereocenters. The smallest absolute Gasteiger partial charge is 0.360 e. The molecule has 1 aliphatic rings. The third kappa shape index (κ3) is 2.48. The van der Waals surface area contributed by atoms with Crippen LogP contribution in [0.3, 0.4) is 0 Å². The van der Waals surface area contributed by atoms with Crippen LogP contribution in [0.25, 0.3) is 0 Å². The van der Waals surface area contributed by atoms with Gasteiger partial charge in [-0.2, -0.15) is 0 Å². The van der Waals surface area contributed by atoms with E-state index in [0.29, 0.717) is 24.8 Å². The minimum Gasteiger partial charge on any atom is -0.461 e. The highest BCUT2D eigenvalue weighted by atomic mass is 16.5. The van der Waals surface area contributed by atoms with Gasteiger partial charge >= 0.3 is 5.97 Å². The Morgan fingerprint density at radius 2 is 2.44 bits per heavy atom. The SMILES string of the molecule is CCOC(=O)c1nc(C)n(CC2CCCO2)c1N. The highest BCUT2D eigenvalue weighted by Crippen LogP contribution is 2.20. The Labute approximate surface area is 106 Å². The maximum absolute atomic E-state index is 11.7. The van der Waals surface area contributed by atoms with Gasteiger partial charge in [0.15, 0.2) is 5.69 Å². The molecule has 2 heterocycles. The van der Waals surface area contributed by atoms with Crippen molar-refractivity contribution in [3.63, 3.8) is 0 Å². The van der Waals surface area contributed by atoms with E-state index in [2.05, 4.69) is 4.98 Å². The van der Waals surface area contributed by atoms with Crippen molar-refractivity contribution in [2.24, 2.45) is 0 Å². The van der Waals surface area contributed by atoms with Crippen molar-refractivity contribution in [2.75, 3.05) is 18.9 Å². The maximum Gasteiger partial charge on any atom is 0.360 e. The van der Waals surface area contributed by atoms with Crippen LogP contribution in [0.4, 0.5) is 5.82 Å². The molecule has 1 unspecified atom stereocenters. The highest BCUT2D eigenvalue weighted by Gasteiger charge is 2.23. The molecule has 100 valence electrons. The molecular weight excluding hydrogens is 234 g/mol. The van der Waals surface area contributed by atoms with E-state index in [9.17, 15) is 4.79 Å². The normalized spacial score (nSPS) is 19.1. The number of rotatable bonds is 4. The summed E-state index contributed by atoms with van der Waals surface area (Å²) in [6, 6.07) is 0. The lowest BCUT2D eigenvalue weighted by Gasteiger charge is -2.13. The third-order valence-corrected chi connectivity index (χ3v) is 3.08. The van der Waals surface area contributed by atoms with Crippen molar-refractivity contribution in [1.29, 1.82) is 0 Å². The number of imidazole rings is 1. The van der Waals surface area contributed by atoms with Gasteiger partial charge in [0.25, 0.3) is 0 Å². The first-order chi connectivity index (χ1) is 8.63. The van der Waals surface area contributed by atoms with Crippen LogP contribution in [-0.2, 0) is 16.0 Å². The Morgan fingerprint density at radius 1 is 1.67 bits per heavy atom. The summed E-state index contributed by atoms with van der Waals surface area (Å²) in [5.41, 5.74) is 6.16. The van der Waals surface area contributed by atoms with E-state index < -0.39 is 5.97 Å². The standard InChI is InChI=1S/C12H19N3O3/c1-3-17-12(16)10-11(13)15(8(2)14-10)7-9-5-4-6-18-9/h9H,3-7,13H2,1-2H3. The molecule has 0 radical (unpaired) electrons. The lowest BCUT2D eigenvalue weighted by atomic mass is 10.2. The van der Waals surface area contributed by atoms with Crippen molar-refractivity contribution >= 4 is 11.8 Å². The van der Waals surface area contributed by atoms with E-state index >= 15 is 0 Å². The van der Waals surface area contributed by atoms with Crippen LogP contribution in [-0.4, -0.2) is 34.8 Å². The Kier molecular flexibility index (Phi) is 3.86. The van der Waals surface area contributed by atoms with Crippen molar-refractivity contribution < 1.29 is 14.3 Å². The molecule has 0 saturated carbocycles. The second-order valence-corrected chi connectivity index (χ2v) is 4.36. The molecule has 2 N–H and O–H groups in total. The number of esters is 1. The van der Waals surface area contributed by atoms with Crippen molar-refractivity contribution in [3.8, 4) is 0 Å². The van der Waals surface area contributed by atoms with Crippen LogP contribution in [0.5, 0.6) is 0 Å². The average molecular weight is 253 g/mol. The Bertz CT molecular complexity index is 436. The molecule has 1 aromatic rings. The first-order valence-corrected chi connectivity index (χ1v) is 6.24. The van der Waals surface area contributed by atoms with E-state index in [1.165, 1.54) is 0 Å². The minimum absolute atomic E-state index is 0.162. The van der Waals surface area contributed by atoms with Crippen LogP contribution >= 0.6 is 0 Å². The number of aryl methyl sites for hydroxylation is 1. The number of carbonyl (C=O) groups excluding carboxylic acids is 1. The molecule has 0 aromatic carbocycles. The number of nitrogens with zero attached hydrogens (tertiary/aromatic N) is 2. The largest absolute Gasteiger partial charge is 0.461 e. The number of aromatic nitrogens is 2. The Hall–Kier alpha value is -1.56. The molecule has 18 heavy (non-hydrogen) atoms. The van der Waals surface area contributed by atoms with E-state index in [1.807, 2.05) is 11.5 Å². The zero-order valence-corrected chi connectivity index (χ0v) is 10.8. The molecule has 2 rings (SSSR count). The Balaban J connectivity index is 2.17. The zero-order valence-electron chi connectivity index (χ0n) is 10.8. The van der Waals surface area contributed by atoms with Gasteiger partial charge in [-0.05, 0) is 26.7 Å². The van der Waals surface area contributed by atoms with Crippen LogP contribution in [0.15, 0.2) is 0 Å². The summed E-state index contributed by atoms with van der Waals surface area (Å²) in [5, 5.41) is 0. The number of hydrogen-bond donors (Lipinski definition) is 1. The van der Waals surface area contributed by atoms with E-state index in [0.717, 1.165) is 19.4 Å². The molecular formula is C12H19N3O3. The van der Waals surface area contributed by atoms with Crippen LogP contribution < -0.4 is 5.73 Å². The lowest BCUT2D eigenvalue weighted by Crippen LogP contribution is -2.18. The molecule has 0 amide bonds. The predicted octanol–water partition coefficient (Wildman–Crippen LogP) is 1.13. The number of nitrogen functional groups attached to an aromatic ring is 1. The number of ether oxygens (including phenoxy) is 2. The van der Waals surface area contributed by atoms with Gasteiger partial charge in [0, 0.05) is 6.61 Å². The van der Waals surface area contributed by atoms with Gasteiger partial charge < -0.3 is 19.8 Å². The summed E-state index contributed by atoms with van der Waals surface area (Å²) >= 11 is 0. The van der Waals surface area contributed by atoms with Crippen molar-refractivity contribution in [2.45, 2.75) is 39.3 Å². The van der Waals surface area contributed by atoms with Crippen LogP contribution in [0.2, 0.25) is 0 Å². The maximum atomic E-state index is 11.7. The molecule has 0 bridgehead atoms. The summed E-state index contributed by atoms with van der Waals surface area (Å²) in [6.07, 6.45) is 2.25. The molecule has 1 saturated heterocycles. The Morgan fingerprint density at radius 3 is 3.06 bits per heavy atom. The molecule has 1 aromatic heterocycles. The fourth-order valence-electron chi connectivity index (χ4n) is 2.15. The monoisotopic (exact) mass is 253 g/mol. The van der Waals surface area contributed by atoms with E-state index in [4.69, 9.17) is 15.2 Å². The third-order valence-electron chi connectivity index (χ3n) is 3.08. The van der Waals surface area contributed by atoms with Gasteiger partial charge in [0.05, 0.1) is 19.3 Å². The highest BCUT2D eigenvalue weighted by molar-refractivity contribution is 5.92. The fraction of sp³-hybridized carbons (Fsp3) is 0.667. The summed E-state index contributed by atoms with van der Waals surface area (Å²) in [5.74, 6) is 0.608. The van der Waals surface area contributed by atoms with Gasteiger partial charge in [-0.1, -0.05) is 0 Å². The second-order valence-electron chi connectivity index (χ2n) is 4.36. The quantitative estimate of drug-likeness (QED) is 0.814.